The van der Waals surface area contributed by atoms with Crippen molar-refractivity contribution in [3.63, 3.8) is 0 Å². The van der Waals surface area contributed by atoms with E-state index in [9.17, 15) is 14.4 Å². The van der Waals surface area contributed by atoms with Crippen molar-refractivity contribution in [3.8, 4) is 0 Å². The second kappa shape index (κ2) is 10.5. The maximum absolute atomic E-state index is 12.4. The average molecular weight is 484 g/mol. The van der Waals surface area contributed by atoms with Crippen molar-refractivity contribution in [2.24, 2.45) is 0 Å². The summed E-state index contributed by atoms with van der Waals surface area (Å²) in [5.74, 6) is -0.911. The van der Waals surface area contributed by atoms with Crippen LogP contribution < -0.4 is 16.0 Å². The van der Waals surface area contributed by atoms with E-state index in [0.717, 1.165) is 10.0 Å². The SMILES string of the molecule is Cc1cc(NC(=O)CNC(=O)c2cccc(NC(=O)CCn3ccnc3)c2)ccc1Br. The van der Waals surface area contributed by atoms with E-state index in [1.807, 2.05) is 23.6 Å². The van der Waals surface area contributed by atoms with E-state index in [2.05, 4.69) is 36.9 Å². The Morgan fingerprint density at radius 3 is 2.55 bits per heavy atom. The minimum atomic E-state index is -0.406. The molecule has 0 saturated carbocycles. The average Bonchev–Trinajstić information content (AvgIpc) is 3.27. The highest BCUT2D eigenvalue weighted by Crippen LogP contribution is 2.19. The number of hydrogen-bond donors (Lipinski definition) is 3. The number of imidazole rings is 1. The van der Waals surface area contributed by atoms with Gasteiger partial charge >= 0.3 is 0 Å². The predicted octanol–water partition coefficient (Wildman–Crippen LogP) is 3.35. The molecule has 0 unspecified atom stereocenters. The van der Waals surface area contributed by atoms with Gasteiger partial charge in [0.1, 0.15) is 0 Å². The third-order valence-electron chi connectivity index (χ3n) is 4.42. The largest absolute Gasteiger partial charge is 0.343 e. The maximum atomic E-state index is 12.4. The molecular weight excluding hydrogens is 462 g/mol. The van der Waals surface area contributed by atoms with Crippen LogP contribution in [0.4, 0.5) is 11.4 Å². The normalized spacial score (nSPS) is 10.4. The minimum Gasteiger partial charge on any atom is -0.343 e. The van der Waals surface area contributed by atoms with Gasteiger partial charge in [-0.25, -0.2) is 4.98 Å². The molecule has 160 valence electrons. The molecule has 3 aromatic rings. The van der Waals surface area contributed by atoms with Crippen molar-refractivity contribution in [3.05, 3.63) is 76.8 Å². The van der Waals surface area contributed by atoms with Crippen LogP contribution in [0.3, 0.4) is 0 Å². The van der Waals surface area contributed by atoms with E-state index >= 15 is 0 Å². The molecule has 3 amide bonds. The summed E-state index contributed by atoms with van der Waals surface area (Å²) in [4.78, 5) is 40.6. The lowest BCUT2D eigenvalue weighted by atomic mass is 10.2. The van der Waals surface area contributed by atoms with Crippen LogP contribution in [0.2, 0.25) is 0 Å². The number of hydrogen-bond acceptors (Lipinski definition) is 4. The first-order valence-electron chi connectivity index (χ1n) is 9.60. The molecular formula is C22H22BrN5O3. The van der Waals surface area contributed by atoms with Crippen molar-refractivity contribution in [1.29, 1.82) is 0 Å². The predicted molar refractivity (Wildman–Crippen MR) is 122 cm³/mol. The molecule has 0 aliphatic rings. The van der Waals surface area contributed by atoms with Crippen LogP contribution in [0.15, 0.2) is 65.7 Å². The van der Waals surface area contributed by atoms with Gasteiger partial charge in [0.2, 0.25) is 11.8 Å². The molecule has 0 aliphatic heterocycles. The van der Waals surface area contributed by atoms with Gasteiger partial charge in [0.05, 0.1) is 12.9 Å². The fraction of sp³-hybridized carbons (Fsp3) is 0.182. The standard InChI is InChI=1S/C22H22BrN5O3/c1-15-11-18(5-6-19(15)23)27-21(30)13-25-22(31)16-3-2-4-17(12-16)26-20(29)7-9-28-10-8-24-14-28/h2-6,8,10-12,14H,7,9,13H2,1H3,(H,25,31)(H,26,29)(H,27,30). The Bertz CT molecular complexity index is 1080. The van der Waals surface area contributed by atoms with Crippen LogP contribution in [0.5, 0.6) is 0 Å². The second-order valence-corrected chi connectivity index (χ2v) is 7.73. The zero-order valence-electron chi connectivity index (χ0n) is 16.9. The van der Waals surface area contributed by atoms with Gasteiger partial charge < -0.3 is 20.5 Å². The topological polar surface area (TPSA) is 105 Å². The Morgan fingerprint density at radius 1 is 1.03 bits per heavy atom. The first kappa shape index (κ1) is 22.2. The third-order valence-corrected chi connectivity index (χ3v) is 5.31. The number of halogens is 1. The maximum Gasteiger partial charge on any atom is 0.251 e. The fourth-order valence-electron chi connectivity index (χ4n) is 2.80. The quantitative estimate of drug-likeness (QED) is 0.456. The highest BCUT2D eigenvalue weighted by atomic mass is 79.9. The summed E-state index contributed by atoms with van der Waals surface area (Å²) in [5.41, 5.74) is 2.50. The van der Waals surface area contributed by atoms with Gasteiger partial charge in [-0.15, -0.1) is 0 Å². The molecule has 0 spiro atoms. The molecule has 3 N–H and O–H groups in total. The number of nitrogens with one attached hydrogen (secondary N) is 3. The molecule has 0 bridgehead atoms. The molecule has 0 saturated heterocycles. The van der Waals surface area contributed by atoms with Crippen LogP contribution in [-0.4, -0.2) is 33.8 Å². The Kier molecular flexibility index (Phi) is 7.55. The van der Waals surface area contributed by atoms with Crippen molar-refractivity contribution >= 4 is 45.0 Å². The highest BCUT2D eigenvalue weighted by Gasteiger charge is 2.10. The summed E-state index contributed by atoms with van der Waals surface area (Å²) >= 11 is 3.41. The zero-order valence-corrected chi connectivity index (χ0v) is 18.5. The summed E-state index contributed by atoms with van der Waals surface area (Å²) in [6.07, 6.45) is 5.36. The summed E-state index contributed by atoms with van der Waals surface area (Å²) in [5, 5.41) is 8.10. The molecule has 0 atom stereocenters. The Labute approximate surface area is 188 Å². The Balaban J connectivity index is 1.49. The highest BCUT2D eigenvalue weighted by molar-refractivity contribution is 9.10. The number of aryl methyl sites for hydroxylation is 2. The molecule has 8 nitrogen and oxygen atoms in total. The van der Waals surface area contributed by atoms with Gasteiger partial charge in [-0.2, -0.15) is 0 Å². The van der Waals surface area contributed by atoms with Gasteiger partial charge in [-0.1, -0.05) is 22.0 Å². The molecule has 2 aromatic carbocycles. The third kappa shape index (κ3) is 6.78. The number of carbonyl (C=O) groups is 3. The first-order valence-corrected chi connectivity index (χ1v) is 10.4. The van der Waals surface area contributed by atoms with Crippen molar-refractivity contribution < 1.29 is 14.4 Å². The summed E-state index contributed by atoms with van der Waals surface area (Å²) in [6.45, 7) is 2.26. The van der Waals surface area contributed by atoms with E-state index in [4.69, 9.17) is 0 Å². The molecule has 9 heteroatoms. The molecule has 1 aromatic heterocycles. The van der Waals surface area contributed by atoms with E-state index < -0.39 is 5.91 Å². The van der Waals surface area contributed by atoms with E-state index in [0.29, 0.717) is 23.5 Å². The summed E-state index contributed by atoms with van der Waals surface area (Å²) in [6, 6.07) is 12.0. The monoisotopic (exact) mass is 483 g/mol. The Hall–Kier alpha value is -3.46. The lowest BCUT2D eigenvalue weighted by Gasteiger charge is -2.10. The molecule has 1 heterocycles. The number of amides is 3. The van der Waals surface area contributed by atoms with Crippen molar-refractivity contribution in [2.75, 3.05) is 17.2 Å². The lowest BCUT2D eigenvalue weighted by Crippen LogP contribution is -2.32. The number of carbonyl (C=O) groups excluding carboxylic acids is 3. The number of rotatable bonds is 8. The fourth-order valence-corrected chi connectivity index (χ4v) is 3.05. The second-order valence-electron chi connectivity index (χ2n) is 6.87. The van der Waals surface area contributed by atoms with Gasteiger partial charge in [0.15, 0.2) is 0 Å². The van der Waals surface area contributed by atoms with Gasteiger partial charge in [-0.3, -0.25) is 14.4 Å². The van der Waals surface area contributed by atoms with Crippen LogP contribution in [0.1, 0.15) is 22.3 Å². The molecule has 3 rings (SSSR count). The first-order chi connectivity index (χ1) is 14.9. The van der Waals surface area contributed by atoms with Crippen molar-refractivity contribution in [2.45, 2.75) is 19.9 Å². The van der Waals surface area contributed by atoms with Crippen LogP contribution in [0, 0.1) is 6.92 Å². The molecule has 0 radical (unpaired) electrons. The zero-order chi connectivity index (χ0) is 22.2. The van der Waals surface area contributed by atoms with E-state index in [-0.39, 0.29) is 24.8 Å². The summed E-state index contributed by atoms with van der Waals surface area (Å²) in [7, 11) is 0. The van der Waals surface area contributed by atoms with E-state index in [1.165, 1.54) is 0 Å². The number of aromatic nitrogens is 2. The molecule has 0 fully saturated rings. The number of nitrogens with zero attached hydrogens (tertiary/aromatic N) is 2. The summed E-state index contributed by atoms with van der Waals surface area (Å²) < 4.78 is 2.76. The van der Waals surface area contributed by atoms with Crippen LogP contribution in [-0.2, 0) is 16.1 Å². The van der Waals surface area contributed by atoms with Gasteiger partial charge in [0, 0.05) is 46.8 Å². The van der Waals surface area contributed by atoms with Crippen LogP contribution >= 0.6 is 15.9 Å². The molecule has 0 aliphatic carbocycles. The van der Waals surface area contributed by atoms with Gasteiger partial charge in [-0.05, 0) is 48.9 Å². The van der Waals surface area contributed by atoms with Gasteiger partial charge in [0.25, 0.3) is 5.91 Å². The van der Waals surface area contributed by atoms with Crippen molar-refractivity contribution in [1.82, 2.24) is 14.9 Å². The molecule has 31 heavy (non-hydrogen) atoms. The Morgan fingerprint density at radius 2 is 1.81 bits per heavy atom. The number of anilines is 2. The van der Waals surface area contributed by atoms with Crippen LogP contribution in [0.25, 0.3) is 0 Å². The number of benzene rings is 2. The van der Waals surface area contributed by atoms with E-state index in [1.54, 1.807) is 49.1 Å². The minimum absolute atomic E-state index is 0.171. The lowest BCUT2D eigenvalue weighted by molar-refractivity contribution is -0.116. The smallest absolute Gasteiger partial charge is 0.251 e.